The lowest BCUT2D eigenvalue weighted by Gasteiger charge is -2.34. The predicted molar refractivity (Wildman–Crippen MR) is 110 cm³/mol. The number of para-hydroxylation sites is 2. The summed E-state index contributed by atoms with van der Waals surface area (Å²) in [4.78, 5) is 38.5. The van der Waals surface area contributed by atoms with E-state index in [4.69, 9.17) is 9.47 Å². The van der Waals surface area contributed by atoms with E-state index < -0.39 is 12.0 Å². The van der Waals surface area contributed by atoms with E-state index in [-0.39, 0.29) is 37.3 Å². The number of ether oxygens (including phenoxy) is 2. The Morgan fingerprint density at radius 2 is 2.14 bits per heavy atom. The Hall–Kier alpha value is -3.03. The maximum atomic E-state index is 12.8. The molecule has 1 aromatic carbocycles. The molecule has 1 atom stereocenters. The van der Waals surface area contributed by atoms with Crippen molar-refractivity contribution in [2.45, 2.75) is 26.3 Å². The highest BCUT2D eigenvalue weighted by Crippen LogP contribution is 2.23. The normalized spacial score (nSPS) is 16.2. The Labute approximate surface area is 171 Å². The molecule has 0 aliphatic carbocycles. The minimum absolute atomic E-state index is 0.0285. The molecular formula is C21H29N3O5. The topological polar surface area (TPSA) is 97.0 Å². The van der Waals surface area contributed by atoms with Gasteiger partial charge >= 0.3 is 5.97 Å². The van der Waals surface area contributed by atoms with E-state index >= 15 is 0 Å². The molecule has 29 heavy (non-hydrogen) atoms. The first-order chi connectivity index (χ1) is 13.9. The second kappa shape index (κ2) is 11.1. The third-order valence-electron chi connectivity index (χ3n) is 4.26. The largest absolute Gasteiger partial charge is 0.487 e. The minimum atomic E-state index is -0.870. The molecule has 2 amide bonds. The van der Waals surface area contributed by atoms with Crippen LogP contribution in [0.2, 0.25) is 0 Å². The average Bonchev–Trinajstić information content (AvgIpc) is 2.71. The number of nitrogens with one attached hydrogen (secondary N) is 2. The van der Waals surface area contributed by atoms with Crippen LogP contribution in [0.4, 0.5) is 5.69 Å². The van der Waals surface area contributed by atoms with Crippen LogP contribution < -0.4 is 15.4 Å². The zero-order valence-electron chi connectivity index (χ0n) is 17.0. The smallest absolute Gasteiger partial charge is 0.308 e. The van der Waals surface area contributed by atoms with E-state index in [2.05, 4.69) is 17.2 Å². The van der Waals surface area contributed by atoms with Crippen molar-refractivity contribution in [3.8, 4) is 5.75 Å². The van der Waals surface area contributed by atoms with Gasteiger partial charge in [0.2, 0.25) is 11.8 Å². The molecular weight excluding hydrogens is 374 g/mol. The monoisotopic (exact) mass is 403 g/mol. The SMILES string of the molecule is C=CCOc1ccccc1NCC(=O)N1CCNC(=O)C1CC(=O)OCC(C)C. The highest BCUT2D eigenvalue weighted by Gasteiger charge is 2.35. The Bertz CT molecular complexity index is 735. The van der Waals surface area contributed by atoms with Crippen LogP contribution in [0.15, 0.2) is 36.9 Å². The fourth-order valence-corrected chi connectivity index (χ4v) is 2.85. The van der Waals surface area contributed by atoms with Crippen LogP contribution >= 0.6 is 0 Å². The number of esters is 1. The van der Waals surface area contributed by atoms with E-state index in [9.17, 15) is 14.4 Å². The standard InChI is InChI=1S/C21H29N3O5/c1-4-11-28-18-8-6-5-7-16(18)23-13-19(25)24-10-9-22-21(27)17(24)12-20(26)29-14-15(2)3/h4-8,15,17,23H,1,9-14H2,2-3H3,(H,22,27). The van der Waals surface area contributed by atoms with Gasteiger partial charge in [-0.15, -0.1) is 0 Å². The van der Waals surface area contributed by atoms with Gasteiger partial charge in [-0.05, 0) is 18.1 Å². The fraction of sp³-hybridized carbons (Fsp3) is 0.476. The Kier molecular flexibility index (Phi) is 8.51. The first-order valence-electron chi connectivity index (χ1n) is 9.71. The van der Waals surface area contributed by atoms with Crippen molar-refractivity contribution >= 4 is 23.5 Å². The molecule has 1 fully saturated rings. The van der Waals surface area contributed by atoms with Crippen molar-refractivity contribution in [2.24, 2.45) is 5.92 Å². The van der Waals surface area contributed by atoms with Crippen molar-refractivity contribution in [3.63, 3.8) is 0 Å². The first kappa shape index (κ1) is 22.3. The summed E-state index contributed by atoms with van der Waals surface area (Å²) in [6.07, 6.45) is 1.47. The number of anilines is 1. The molecule has 1 aliphatic rings. The lowest BCUT2D eigenvalue weighted by Crippen LogP contribution is -2.58. The van der Waals surface area contributed by atoms with Crippen LogP contribution in [0.25, 0.3) is 0 Å². The summed E-state index contributed by atoms with van der Waals surface area (Å²) in [5.41, 5.74) is 0.664. The number of hydrogen-bond acceptors (Lipinski definition) is 6. The van der Waals surface area contributed by atoms with Gasteiger partial charge in [0.25, 0.3) is 0 Å². The van der Waals surface area contributed by atoms with Crippen LogP contribution in [0.1, 0.15) is 20.3 Å². The van der Waals surface area contributed by atoms with Crippen LogP contribution in [-0.2, 0) is 19.1 Å². The molecule has 158 valence electrons. The molecule has 1 aliphatic heterocycles. The van der Waals surface area contributed by atoms with E-state index in [0.717, 1.165) is 0 Å². The highest BCUT2D eigenvalue weighted by atomic mass is 16.5. The molecule has 2 N–H and O–H groups in total. The number of nitrogens with zero attached hydrogens (tertiary/aromatic N) is 1. The van der Waals surface area contributed by atoms with E-state index in [1.54, 1.807) is 18.2 Å². The predicted octanol–water partition coefficient (Wildman–Crippen LogP) is 1.58. The van der Waals surface area contributed by atoms with Gasteiger partial charge in [0.1, 0.15) is 18.4 Å². The molecule has 1 aromatic rings. The van der Waals surface area contributed by atoms with Crippen molar-refractivity contribution in [1.82, 2.24) is 10.2 Å². The molecule has 0 saturated carbocycles. The zero-order chi connectivity index (χ0) is 21.2. The quantitative estimate of drug-likeness (QED) is 0.455. The summed E-state index contributed by atoms with van der Waals surface area (Å²) < 4.78 is 10.7. The van der Waals surface area contributed by atoms with Gasteiger partial charge in [0, 0.05) is 13.1 Å². The second-order valence-electron chi connectivity index (χ2n) is 7.12. The van der Waals surface area contributed by atoms with Gasteiger partial charge in [-0.25, -0.2) is 0 Å². The van der Waals surface area contributed by atoms with E-state index in [1.165, 1.54) is 4.90 Å². The minimum Gasteiger partial charge on any atom is -0.487 e. The third-order valence-corrected chi connectivity index (χ3v) is 4.26. The van der Waals surface area contributed by atoms with Crippen LogP contribution in [0, 0.1) is 5.92 Å². The van der Waals surface area contributed by atoms with Gasteiger partial charge in [-0.3, -0.25) is 14.4 Å². The fourth-order valence-electron chi connectivity index (χ4n) is 2.85. The maximum absolute atomic E-state index is 12.8. The van der Waals surface area contributed by atoms with Gasteiger partial charge in [-0.1, -0.05) is 38.6 Å². The lowest BCUT2D eigenvalue weighted by molar-refractivity contribution is -0.152. The van der Waals surface area contributed by atoms with Crippen molar-refractivity contribution in [1.29, 1.82) is 0 Å². The highest BCUT2D eigenvalue weighted by molar-refractivity contribution is 5.93. The average molecular weight is 403 g/mol. The molecule has 0 bridgehead atoms. The number of amides is 2. The summed E-state index contributed by atoms with van der Waals surface area (Å²) in [7, 11) is 0. The lowest BCUT2D eigenvalue weighted by atomic mass is 10.1. The summed E-state index contributed by atoms with van der Waals surface area (Å²) in [5, 5.41) is 5.75. The second-order valence-corrected chi connectivity index (χ2v) is 7.12. The van der Waals surface area contributed by atoms with Gasteiger partial charge in [-0.2, -0.15) is 0 Å². The molecule has 8 heteroatoms. The van der Waals surface area contributed by atoms with Crippen molar-refractivity contribution in [2.75, 3.05) is 38.2 Å². The number of rotatable bonds is 10. The van der Waals surface area contributed by atoms with Gasteiger partial charge in [0.15, 0.2) is 0 Å². The number of carbonyl (C=O) groups is 3. The van der Waals surface area contributed by atoms with E-state index in [0.29, 0.717) is 31.1 Å². The molecule has 2 rings (SSSR count). The third kappa shape index (κ3) is 6.81. The molecule has 1 unspecified atom stereocenters. The van der Waals surface area contributed by atoms with Gasteiger partial charge < -0.3 is 25.0 Å². The van der Waals surface area contributed by atoms with Crippen LogP contribution in [0.3, 0.4) is 0 Å². The molecule has 1 saturated heterocycles. The number of benzene rings is 1. The molecule has 0 aromatic heterocycles. The Morgan fingerprint density at radius 1 is 1.38 bits per heavy atom. The maximum Gasteiger partial charge on any atom is 0.308 e. The summed E-state index contributed by atoms with van der Waals surface area (Å²) in [6.45, 7) is 8.76. The Morgan fingerprint density at radius 3 is 2.86 bits per heavy atom. The number of piperazine rings is 1. The molecule has 0 radical (unpaired) electrons. The van der Waals surface area contributed by atoms with E-state index in [1.807, 2.05) is 26.0 Å². The Balaban J connectivity index is 1.99. The van der Waals surface area contributed by atoms with Crippen molar-refractivity contribution < 1.29 is 23.9 Å². The van der Waals surface area contributed by atoms with Crippen molar-refractivity contribution in [3.05, 3.63) is 36.9 Å². The van der Waals surface area contributed by atoms with Gasteiger partial charge in [0.05, 0.1) is 25.3 Å². The molecule has 8 nitrogen and oxygen atoms in total. The first-order valence-corrected chi connectivity index (χ1v) is 9.71. The summed E-state index contributed by atoms with van der Waals surface area (Å²) >= 11 is 0. The zero-order valence-corrected chi connectivity index (χ0v) is 17.0. The summed E-state index contributed by atoms with van der Waals surface area (Å²) in [6, 6.07) is 6.38. The molecule has 1 heterocycles. The summed E-state index contributed by atoms with van der Waals surface area (Å²) in [5.74, 6) is -0.314. The van der Waals surface area contributed by atoms with Crippen LogP contribution in [0.5, 0.6) is 5.75 Å². The van der Waals surface area contributed by atoms with Crippen LogP contribution in [-0.4, -0.2) is 61.6 Å². The molecule has 0 spiro atoms. The number of carbonyl (C=O) groups excluding carboxylic acids is 3. The number of hydrogen-bond donors (Lipinski definition) is 2.